The van der Waals surface area contributed by atoms with Crippen molar-refractivity contribution < 1.29 is 0 Å². The number of aromatic nitrogens is 1. The van der Waals surface area contributed by atoms with Gasteiger partial charge in [-0.1, -0.05) is 63.5 Å². The van der Waals surface area contributed by atoms with Crippen LogP contribution in [0.5, 0.6) is 0 Å². The van der Waals surface area contributed by atoms with E-state index in [4.69, 9.17) is 29.8 Å². The molecule has 1 aromatic carbocycles. The summed E-state index contributed by atoms with van der Waals surface area (Å²) in [5.41, 5.74) is 6.68. The second-order valence-electron chi connectivity index (χ2n) is 8.29. The van der Waals surface area contributed by atoms with Crippen LogP contribution in [0.2, 0.25) is 0 Å². The molecule has 0 saturated heterocycles. The van der Waals surface area contributed by atoms with Gasteiger partial charge in [0.25, 0.3) is 0 Å². The van der Waals surface area contributed by atoms with Crippen molar-refractivity contribution in [1.29, 1.82) is 0 Å². The molecule has 162 valence electrons. The Morgan fingerprint density at radius 2 is 2.06 bits per heavy atom. The van der Waals surface area contributed by atoms with E-state index in [0.29, 0.717) is 5.92 Å². The zero-order chi connectivity index (χ0) is 22.4. The molecule has 0 N–H and O–H groups in total. The van der Waals surface area contributed by atoms with Gasteiger partial charge in [0.15, 0.2) is 0 Å². The summed E-state index contributed by atoms with van der Waals surface area (Å²) in [7, 11) is 0. The van der Waals surface area contributed by atoms with E-state index >= 15 is 0 Å². The number of allylic oxidation sites excluding steroid dienone is 8. The molecule has 1 unspecified atom stereocenters. The van der Waals surface area contributed by atoms with E-state index < -0.39 is 0 Å². The molecule has 2 aliphatic carbocycles. The van der Waals surface area contributed by atoms with Gasteiger partial charge < -0.3 is 4.57 Å². The fourth-order valence-electron chi connectivity index (χ4n) is 4.41. The zero-order valence-electron chi connectivity index (χ0n) is 17.6. The van der Waals surface area contributed by atoms with Crippen molar-refractivity contribution >= 4 is 84.3 Å². The van der Waals surface area contributed by atoms with Gasteiger partial charge in [0.2, 0.25) is 0 Å². The van der Waals surface area contributed by atoms with Crippen LogP contribution in [0.25, 0.3) is 17.0 Å². The van der Waals surface area contributed by atoms with Crippen LogP contribution in [-0.2, 0) is 6.54 Å². The Morgan fingerprint density at radius 3 is 2.84 bits per heavy atom. The Hall–Kier alpha value is -1.47. The average Bonchev–Trinajstić information content (AvgIpc) is 3.33. The third-order valence-electron chi connectivity index (χ3n) is 6.09. The highest BCUT2D eigenvalue weighted by molar-refractivity contribution is 9.12. The molecule has 5 rings (SSSR count). The molecule has 0 spiro atoms. The van der Waals surface area contributed by atoms with Gasteiger partial charge in [-0.15, -0.1) is 12.6 Å². The van der Waals surface area contributed by atoms with E-state index in [1.807, 2.05) is 6.08 Å². The predicted molar refractivity (Wildman–Crippen MR) is 151 cm³/mol. The van der Waals surface area contributed by atoms with Crippen LogP contribution in [0.1, 0.15) is 31.9 Å². The summed E-state index contributed by atoms with van der Waals surface area (Å²) in [6.07, 6.45) is 13.9. The van der Waals surface area contributed by atoms with Gasteiger partial charge >= 0.3 is 0 Å². The molecule has 0 amide bonds. The second-order valence-corrected chi connectivity index (χ2v) is 11.0. The maximum atomic E-state index is 5.80. The third kappa shape index (κ3) is 4.11. The standard InChI is InChI=1S/C26H22Br2N2S2/c1-2-3-8-30-20(12-16-10-18(28)5-7-24(16)30)14-22-25(31)21(26(22)32)13-19-11-15-9-17(27)4-6-23(15)29-19/h4-7,9-10,12-15,31H,2-3,8,11H2,1H3/b19-13+,22-14-. The topological polar surface area (TPSA) is 17.3 Å². The van der Waals surface area contributed by atoms with Crippen molar-refractivity contribution in [2.45, 2.75) is 32.7 Å². The minimum absolute atomic E-state index is 0.349. The summed E-state index contributed by atoms with van der Waals surface area (Å²) < 4.78 is 4.60. The molecule has 2 nitrogen and oxygen atoms in total. The molecule has 2 aromatic rings. The molecule has 1 aliphatic heterocycles. The lowest BCUT2D eigenvalue weighted by molar-refractivity contribution is 0.646. The molecule has 1 atom stereocenters. The number of benzene rings is 1. The van der Waals surface area contributed by atoms with Crippen LogP contribution in [-0.4, -0.2) is 15.1 Å². The number of aliphatic imine (C=N–C) groups is 1. The van der Waals surface area contributed by atoms with Gasteiger partial charge in [-0.3, -0.25) is 4.99 Å². The highest BCUT2D eigenvalue weighted by atomic mass is 79.9. The maximum absolute atomic E-state index is 5.80. The Bertz CT molecular complexity index is 1340. The first-order valence-corrected chi connectivity index (χ1v) is 13.2. The molecule has 0 saturated carbocycles. The fraction of sp³-hybridized carbons (Fsp3) is 0.231. The Labute approximate surface area is 216 Å². The number of aryl methyl sites for hydroxylation is 1. The molecule has 0 radical (unpaired) electrons. The lowest BCUT2D eigenvalue weighted by Crippen LogP contribution is -2.16. The highest BCUT2D eigenvalue weighted by Crippen LogP contribution is 2.40. The number of hydrogen-bond acceptors (Lipinski definition) is 3. The van der Waals surface area contributed by atoms with Gasteiger partial charge in [0.1, 0.15) is 0 Å². The van der Waals surface area contributed by atoms with E-state index in [-0.39, 0.29) is 0 Å². The molecule has 3 aliphatic rings. The van der Waals surface area contributed by atoms with E-state index in [9.17, 15) is 0 Å². The first-order chi connectivity index (χ1) is 15.4. The molecule has 6 heteroatoms. The highest BCUT2D eigenvalue weighted by Gasteiger charge is 2.29. The van der Waals surface area contributed by atoms with E-state index in [1.54, 1.807) is 0 Å². The van der Waals surface area contributed by atoms with Crippen molar-refractivity contribution in [2.24, 2.45) is 10.9 Å². The number of rotatable bonds is 5. The van der Waals surface area contributed by atoms with E-state index in [2.05, 4.69) is 91.9 Å². The SMILES string of the molecule is CCCCn1c(/C=C2\C(=S)C(/C=C3\CC4C=C(Br)C=CC4=N3)=C2S)cc2cc(Br)ccc21. The first-order valence-electron chi connectivity index (χ1n) is 10.8. The number of nitrogens with zero attached hydrogens (tertiary/aromatic N) is 2. The average molecular weight is 586 g/mol. The molecule has 0 bridgehead atoms. The largest absolute Gasteiger partial charge is 0.341 e. The number of hydrogen-bond donors (Lipinski definition) is 1. The Kier molecular flexibility index (Phi) is 6.32. The summed E-state index contributed by atoms with van der Waals surface area (Å²) in [4.78, 5) is 6.63. The first kappa shape index (κ1) is 22.3. The van der Waals surface area contributed by atoms with Crippen LogP contribution in [0, 0.1) is 5.92 Å². The van der Waals surface area contributed by atoms with Gasteiger partial charge in [-0.2, -0.15) is 0 Å². The summed E-state index contributed by atoms with van der Waals surface area (Å²) in [6.45, 7) is 3.22. The van der Waals surface area contributed by atoms with Crippen LogP contribution < -0.4 is 0 Å². The number of unbranched alkanes of at least 4 members (excludes halogenated alkanes) is 1. The molecule has 2 heterocycles. The van der Waals surface area contributed by atoms with Crippen molar-refractivity contribution in [1.82, 2.24) is 4.57 Å². The maximum Gasteiger partial charge on any atom is 0.0546 e. The van der Waals surface area contributed by atoms with Crippen molar-refractivity contribution in [3.63, 3.8) is 0 Å². The third-order valence-corrected chi connectivity index (χ3v) is 8.03. The van der Waals surface area contributed by atoms with Crippen molar-refractivity contribution in [2.75, 3.05) is 0 Å². The molecule has 1 aromatic heterocycles. The minimum Gasteiger partial charge on any atom is -0.341 e. The predicted octanol–water partition coefficient (Wildman–Crippen LogP) is 8.35. The van der Waals surface area contributed by atoms with Gasteiger partial charge in [-0.25, -0.2) is 0 Å². The number of thiocarbonyl (C=S) groups is 1. The Morgan fingerprint density at radius 1 is 1.22 bits per heavy atom. The lowest BCUT2D eigenvalue weighted by atomic mass is 9.89. The van der Waals surface area contributed by atoms with Crippen LogP contribution >= 0.6 is 56.7 Å². The van der Waals surface area contributed by atoms with Crippen molar-refractivity contribution in [3.05, 3.63) is 85.0 Å². The molecular weight excluding hydrogens is 564 g/mol. The van der Waals surface area contributed by atoms with Crippen LogP contribution in [0.4, 0.5) is 0 Å². The van der Waals surface area contributed by atoms with Gasteiger partial charge in [0.05, 0.1) is 4.86 Å². The number of fused-ring (bicyclic) bond motifs is 2. The fourth-order valence-corrected chi connectivity index (χ4v) is 6.06. The number of halogens is 2. The van der Waals surface area contributed by atoms with E-state index in [1.165, 1.54) is 16.6 Å². The normalized spacial score (nSPS) is 22.6. The quantitative estimate of drug-likeness (QED) is 0.212. The molecule has 0 fully saturated rings. The molecular formula is C26H22Br2N2S2. The van der Waals surface area contributed by atoms with E-state index in [0.717, 1.165) is 67.1 Å². The monoisotopic (exact) mass is 584 g/mol. The minimum atomic E-state index is 0.349. The summed E-state index contributed by atoms with van der Waals surface area (Å²) >= 11 is 17.8. The summed E-state index contributed by atoms with van der Waals surface area (Å²) in [6, 6.07) is 8.70. The van der Waals surface area contributed by atoms with Crippen LogP contribution in [0.3, 0.4) is 0 Å². The molecule has 32 heavy (non-hydrogen) atoms. The van der Waals surface area contributed by atoms with Gasteiger partial charge in [0, 0.05) is 71.9 Å². The smallest absolute Gasteiger partial charge is 0.0546 e. The summed E-state index contributed by atoms with van der Waals surface area (Å²) in [5.74, 6) is 0.349. The second kappa shape index (κ2) is 9.05. The Balaban J connectivity index is 1.48. The van der Waals surface area contributed by atoms with Crippen LogP contribution in [0.15, 0.2) is 84.3 Å². The van der Waals surface area contributed by atoms with Gasteiger partial charge in [-0.05, 0) is 55.0 Å². The zero-order valence-corrected chi connectivity index (χ0v) is 22.5. The number of thiol groups is 1. The van der Waals surface area contributed by atoms with Crippen molar-refractivity contribution in [3.8, 4) is 0 Å². The lowest BCUT2D eigenvalue weighted by Gasteiger charge is -2.24. The summed E-state index contributed by atoms with van der Waals surface area (Å²) in [5, 5.41) is 1.23.